The third-order valence-corrected chi connectivity index (χ3v) is 4.85. The number of benzene rings is 1. The molecule has 0 spiro atoms. The number of hydrogen-bond acceptors (Lipinski definition) is 9. The SMILES string of the molecule is CNc1c(N(N)Cc2ccc(OC)cc2)nc(NC(C)(C)C)nc1N1CC[C@H](O)C1. The molecule has 1 saturated heterocycles. The van der Waals surface area contributed by atoms with Crippen LogP contribution in [0.25, 0.3) is 0 Å². The summed E-state index contributed by atoms with van der Waals surface area (Å²) in [5, 5.41) is 18.2. The van der Waals surface area contributed by atoms with Gasteiger partial charge in [-0.05, 0) is 44.9 Å². The molecule has 0 radical (unpaired) electrons. The minimum atomic E-state index is -0.361. The zero-order valence-electron chi connectivity index (χ0n) is 18.4. The summed E-state index contributed by atoms with van der Waals surface area (Å²) in [6.07, 6.45) is 0.350. The Balaban J connectivity index is 1.98. The van der Waals surface area contributed by atoms with Gasteiger partial charge in [0.05, 0.1) is 19.8 Å². The second-order valence-corrected chi connectivity index (χ2v) is 8.56. The van der Waals surface area contributed by atoms with E-state index in [2.05, 4.69) is 36.3 Å². The van der Waals surface area contributed by atoms with Crippen LogP contribution in [-0.2, 0) is 6.54 Å². The summed E-state index contributed by atoms with van der Waals surface area (Å²) in [4.78, 5) is 11.5. The summed E-state index contributed by atoms with van der Waals surface area (Å²) in [5.41, 5.74) is 1.55. The van der Waals surface area contributed by atoms with E-state index in [1.807, 2.05) is 31.3 Å². The summed E-state index contributed by atoms with van der Waals surface area (Å²) in [7, 11) is 3.47. The molecule has 0 saturated carbocycles. The van der Waals surface area contributed by atoms with E-state index < -0.39 is 0 Å². The van der Waals surface area contributed by atoms with Gasteiger partial charge in [0.1, 0.15) is 11.4 Å². The van der Waals surface area contributed by atoms with Gasteiger partial charge in [-0.25, -0.2) is 5.84 Å². The van der Waals surface area contributed by atoms with Gasteiger partial charge in [-0.3, -0.25) is 5.01 Å². The molecule has 1 aliphatic heterocycles. The highest BCUT2D eigenvalue weighted by molar-refractivity contribution is 5.80. The molecule has 0 bridgehead atoms. The normalized spacial score (nSPS) is 16.5. The molecule has 1 fully saturated rings. The van der Waals surface area contributed by atoms with E-state index in [1.54, 1.807) is 12.1 Å². The number of nitrogens with one attached hydrogen (secondary N) is 2. The fraction of sp³-hybridized carbons (Fsp3) is 0.524. The predicted molar refractivity (Wildman–Crippen MR) is 121 cm³/mol. The van der Waals surface area contributed by atoms with Crippen molar-refractivity contribution in [1.29, 1.82) is 0 Å². The molecule has 1 atom stereocenters. The van der Waals surface area contributed by atoms with E-state index in [-0.39, 0.29) is 11.6 Å². The third kappa shape index (κ3) is 5.22. The van der Waals surface area contributed by atoms with Crippen molar-refractivity contribution < 1.29 is 9.84 Å². The Morgan fingerprint density at radius 2 is 1.97 bits per heavy atom. The topological polar surface area (TPSA) is 112 Å². The fourth-order valence-electron chi connectivity index (χ4n) is 3.43. The lowest BCUT2D eigenvalue weighted by atomic mass is 10.1. The highest BCUT2D eigenvalue weighted by atomic mass is 16.5. The first kappa shape index (κ1) is 21.9. The number of ether oxygens (including phenoxy) is 1. The van der Waals surface area contributed by atoms with Crippen molar-refractivity contribution in [3.05, 3.63) is 29.8 Å². The van der Waals surface area contributed by atoms with E-state index in [0.717, 1.165) is 29.4 Å². The monoisotopic (exact) mass is 415 g/mol. The zero-order valence-corrected chi connectivity index (χ0v) is 18.4. The molecule has 2 heterocycles. The smallest absolute Gasteiger partial charge is 0.227 e. The van der Waals surface area contributed by atoms with Crippen molar-refractivity contribution in [3.8, 4) is 5.75 Å². The Labute approximate surface area is 178 Å². The van der Waals surface area contributed by atoms with Crippen LogP contribution < -0.4 is 31.1 Å². The number of aliphatic hydroxyl groups excluding tert-OH is 1. The zero-order chi connectivity index (χ0) is 21.9. The molecule has 3 rings (SSSR count). The molecule has 0 unspecified atom stereocenters. The van der Waals surface area contributed by atoms with Crippen LogP contribution in [-0.4, -0.2) is 54.0 Å². The van der Waals surface area contributed by atoms with Crippen molar-refractivity contribution in [3.63, 3.8) is 0 Å². The second-order valence-electron chi connectivity index (χ2n) is 8.56. The molecule has 5 N–H and O–H groups in total. The number of anilines is 4. The Morgan fingerprint density at radius 3 is 2.50 bits per heavy atom. The number of rotatable bonds is 7. The molecular formula is C21H33N7O2. The van der Waals surface area contributed by atoms with Crippen LogP contribution in [0.3, 0.4) is 0 Å². The van der Waals surface area contributed by atoms with E-state index in [4.69, 9.17) is 20.5 Å². The van der Waals surface area contributed by atoms with Crippen molar-refractivity contribution in [2.45, 2.75) is 45.4 Å². The molecule has 1 aromatic carbocycles. The highest BCUT2D eigenvalue weighted by Gasteiger charge is 2.28. The number of hydrogen-bond donors (Lipinski definition) is 4. The highest BCUT2D eigenvalue weighted by Crippen LogP contribution is 2.35. The lowest BCUT2D eigenvalue weighted by Crippen LogP contribution is -2.34. The third-order valence-electron chi connectivity index (χ3n) is 4.85. The molecule has 164 valence electrons. The van der Waals surface area contributed by atoms with Gasteiger partial charge in [-0.15, -0.1) is 0 Å². The standard InChI is InChI=1S/C21H33N7O2/c1-21(2,3)26-20-24-18(27-11-10-15(29)13-27)17(23-4)19(25-20)28(22)12-14-6-8-16(30-5)9-7-14/h6-9,15,23,29H,10-13,22H2,1-5H3,(H,24,25,26)/t15-/m0/s1. The number of methoxy groups -OCH3 is 1. The van der Waals surface area contributed by atoms with Gasteiger partial charge in [0.15, 0.2) is 11.6 Å². The Kier molecular flexibility index (Phi) is 6.52. The maximum atomic E-state index is 10.0. The average Bonchev–Trinajstić information content (AvgIpc) is 3.13. The van der Waals surface area contributed by atoms with Gasteiger partial charge < -0.3 is 25.4 Å². The lowest BCUT2D eigenvalue weighted by Gasteiger charge is -2.28. The van der Waals surface area contributed by atoms with E-state index in [9.17, 15) is 5.11 Å². The quantitative estimate of drug-likeness (QED) is 0.399. The summed E-state index contributed by atoms with van der Waals surface area (Å²) >= 11 is 0. The van der Waals surface area contributed by atoms with Crippen molar-refractivity contribution in [1.82, 2.24) is 9.97 Å². The largest absolute Gasteiger partial charge is 0.497 e. The number of nitrogens with two attached hydrogens (primary N) is 1. The molecule has 0 amide bonds. The molecule has 1 aliphatic rings. The first-order chi connectivity index (χ1) is 14.2. The first-order valence-electron chi connectivity index (χ1n) is 10.2. The molecule has 2 aromatic rings. The van der Waals surface area contributed by atoms with Gasteiger partial charge in [0, 0.05) is 25.7 Å². The minimum absolute atomic E-state index is 0.213. The number of nitrogens with zero attached hydrogens (tertiary/aromatic N) is 4. The van der Waals surface area contributed by atoms with Gasteiger partial charge >= 0.3 is 0 Å². The molecule has 1 aromatic heterocycles. The minimum Gasteiger partial charge on any atom is -0.497 e. The lowest BCUT2D eigenvalue weighted by molar-refractivity contribution is 0.198. The maximum Gasteiger partial charge on any atom is 0.227 e. The van der Waals surface area contributed by atoms with Crippen molar-refractivity contribution >= 4 is 23.3 Å². The predicted octanol–water partition coefficient (Wildman–Crippen LogP) is 2.19. The van der Waals surface area contributed by atoms with Crippen LogP contribution in [0.4, 0.5) is 23.3 Å². The van der Waals surface area contributed by atoms with Gasteiger partial charge in [0.2, 0.25) is 5.95 Å². The average molecular weight is 416 g/mol. The van der Waals surface area contributed by atoms with Crippen LogP contribution in [0, 0.1) is 0 Å². The van der Waals surface area contributed by atoms with Gasteiger partial charge in [-0.2, -0.15) is 9.97 Å². The van der Waals surface area contributed by atoms with Crippen LogP contribution >= 0.6 is 0 Å². The van der Waals surface area contributed by atoms with Crippen LogP contribution in [0.5, 0.6) is 5.75 Å². The molecule has 0 aliphatic carbocycles. The van der Waals surface area contributed by atoms with E-state index in [0.29, 0.717) is 31.3 Å². The van der Waals surface area contributed by atoms with Crippen molar-refractivity contribution in [2.75, 3.05) is 47.8 Å². The summed E-state index contributed by atoms with van der Waals surface area (Å²) in [6.45, 7) is 7.89. The summed E-state index contributed by atoms with van der Waals surface area (Å²) in [5.74, 6) is 9.10. The Hall–Kier alpha value is -2.78. The maximum absolute atomic E-state index is 10.0. The van der Waals surface area contributed by atoms with E-state index in [1.165, 1.54) is 0 Å². The Bertz CT molecular complexity index is 852. The van der Waals surface area contributed by atoms with E-state index >= 15 is 0 Å². The summed E-state index contributed by atoms with van der Waals surface area (Å²) in [6, 6.07) is 7.77. The molecule has 9 nitrogen and oxygen atoms in total. The number of hydrazine groups is 1. The van der Waals surface area contributed by atoms with Gasteiger partial charge in [0.25, 0.3) is 0 Å². The number of aliphatic hydroxyl groups is 1. The number of β-amino-alcohol motifs (C(OH)–C–C–N with tert-alkyl or cyclic N) is 1. The second kappa shape index (κ2) is 8.93. The molecule has 30 heavy (non-hydrogen) atoms. The van der Waals surface area contributed by atoms with Gasteiger partial charge in [-0.1, -0.05) is 12.1 Å². The van der Waals surface area contributed by atoms with Crippen LogP contribution in [0.15, 0.2) is 24.3 Å². The molecule has 9 heteroatoms. The molecular weight excluding hydrogens is 382 g/mol. The fourth-order valence-corrected chi connectivity index (χ4v) is 3.43. The van der Waals surface area contributed by atoms with Crippen molar-refractivity contribution in [2.24, 2.45) is 5.84 Å². The number of aromatic nitrogens is 2. The summed E-state index contributed by atoms with van der Waals surface area (Å²) < 4.78 is 5.23. The first-order valence-corrected chi connectivity index (χ1v) is 10.2. The van der Waals surface area contributed by atoms with Crippen LogP contribution in [0.2, 0.25) is 0 Å². The van der Waals surface area contributed by atoms with Crippen LogP contribution in [0.1, 0.15) is 32.8 Å². The Morgan fingerprint density at radius 1 is 1.27 bits per heavy atom.